The van der Waals surface area contributed by atoms with E-state index in [1.54, 1.807) is 49.3 Å². The summed E-state index contributed by atoms with van der Waals surface area (Å²) < 4.78 is 40.3. The summed E-state index contributed by atoms with van der Waals surface area (Å²) in [6.45, 7) is 5.13. The highest BCUT2D eigenvalue weighted by atomic mass is 35.5. The van der Waals surface area contributed by atoms with Crippen LogP contribution in [0.15, 0.2) is 70.2 Å². The molecule has 1 N–H and O–H groups in total. The Morgan fingerprint density at radius 1 is 0.980 bits per heavy atom. The molecule has 0 aliphatic carbocycles. The van der Waals surface area contributed by atoms with Crippen LogP contribution in [-0.2, 0) is 48.3 Å². The molecular formula is C35H34Cl2N2O9S. The van der Waals surface area contributed by atoms with Gasteiger partial charge in [0, 0.05) is 43.6 Å². The molecule has 1 aliphatic heterocycles. The van der Waals surface area contributed by atoms with Gasteiger partial charge in [-0.3, -0.25) is 14.4 Å². The van der Waals surface area contributed by atoms with Crippen molar-refractivity contribution in [3.8, 4) is 0 Å². The molecule has 14 heteroatoms. The van der Waals surface area contributed by atoms with Crippen LogP contribution in [0.2, 0.25) is 10.0 Å². The van der Waals surface area contributed by atoms with Gasteiger partial charge in [0.2, 0.25) is 6.29 Å². The van der Waals surface area contributed by atoms with E-state index in [0.29, 0.717) is 40.8 Å². The van der Waals surface area contributed by atoms with Crippen LogP contribution in [0.1, 0.15) is 58.2 Å². The van der Waals surface area contributed by atoms with Crippen LogP contribution in [0.25, 0.3) is 11.0 Å². The molecule has 0 saturated heterocycles. The number of carbonyl (C=O) groups is 4. The maximum atomic E-state index is 13.8. The van der Waals surface area contributed by atoms with Gasteiger partial charge in [-0.15, -0.1) is 0 Å². The van der Waals surface area contributed by atoms with Crippen molar-refractivity contribution < 1.29 is 41.5 Å². The number of esters is 2. The van der Waals surface area contributed by atoms with Crippen LogP contribution in [-0.4, -0.2) is 62.2 Å². The van der Waals surface area contributed by atoms with Crippen LogP contribution in [0, 0.1) is 5.92 Å². The Morgan fingerprint density at radius 2 is 1.71 bits per heavy atom. The van der Waals surface area contributed by atoms with Crippen LogP contribution < -0.4 is 5.32 Å². The molecule has 2 unspecified atom stereocenters. The van der Waals surface area contributed by atoms with Crippen molar-refractivity contribution in [3.05, 3.63) is 98.7 Å². The highest BCUT2D eigenvalue weighted by Gasteiger charge is 2.31. The zero-order valence-corrected chi connectivity index (χ0v) is 29.4. The number of nitrogens with zero attached hydrogens (tertiary/aromatic N) is 1. The average molecular weight is 730 g/mol. The number of fused-ring (bicyclic) bond motifs is 2. The van der Waals surface area contributed by atoms with Gasteiger partial charge in [-0.05, 0) is 59.5 Å². The van der Waals surface area contributed by atoms with Gasteiger partial charge in [-0.1, -0.05) is 55.2 Å². The van der Waals surface area contributed by atoms with Crippen molar-refractivity contribution in [1.29, 1.82) is 0 Å². The molecule has 11 nitrogen and oxygen atoms in total. The van der Waals surface area contributed by atoms with Crippen molar-refractivity contribution in [2.75, 3.05) is 12.8 Å². The predicted molar refractivity (Wildman–Crippen MR) is 182 cm³/mol. The fourth-order valence-electron chi connectivity index (χ4n) is 5.44. The van der Waals surface area contributed by atoms with Gasteiger partial charge >= 0.3 is 11.9 Å². The van der Waals surface area contributed by atoms with Gasteiger partial charge in [-0.25, -0.2) is 13.2 Å². The van der Waals surface area contributed by atoms with Crippen LogP contribution in [0.4, 0.5) is 0 Å². The van der Waals surface area contributed by atoms with Gasteiger partial charge < -0.3 is 24.1 Å². The molecule has 2 heterocycles. The Hall–Kier alpha value is -4.39. The summed E-state index contributed by atoms with van der Waals surface area (Å²) in [6.07, 6.45) is 1.51. The second kappa shape index (κ2) is 14.6. The maximum Gasteiger partial charge on any atom is 0.332 e. The number of benzene rings is 3. The summed E-state index contributed by atoms with van der Waals surface area (Å²) in [6, 6.07) is 13.2. The normalized spacial score (nSPS) is 14.2. The summed E-state index contributed by atoms with van der Waals surface area (Å²) in [5.41, 5.74) is 2.70. The lowest BCUT2D eigenvalue weighted by Gasteiger charge is -2.30. The molecule has 2 amide bonds. The van der Waals surface area contributed by atoms with Crippen molar-refractivity contribution in [3.63, 3.8) is 0 Å². The SMILES string of the molecule is CC(OC(=O)C(C)C)OC(=O)C(Cc1cccc(S(C)(=O)=O)c1)NC(=O)c1c(Cl)cc2c(c1Cl)CCN(C(=O)c1ccc3ccoc3c1)C2. The molecule has 0 fully saturated rings. The van der Waals surface area contributed by atoms with Gasteiger partial charge in [0.15, 0.2) is 9.84 Å². The molecule has 1 aliphatic rings. The number of carbonyl (C=O) groups excluding carboxylic acids is 4. The van der Waals surface area contributed by atoms with E-state index < -0.39 is 45.9 Å². The first-order chi connectivity index (χ1) is 23.1. The van der Waals surface area contributed by atoms with Crippen LogP contribution >= 0.6 is 23.2 Å². The molecule has 0 spiro atoms. The van der Waals surface area contributed by atoms with E-state index in [9.17, 15) is 27.6 Å². The number of furan rings is 1. The molecule has 258 valence electrons. The predicted octanol–water partition coefficient (Wildman–Crippen LogP) is 5.77. The number of amides is 2. The minimum atomic E-state index is -3.56. The third-order valence-corrected chi connectivity index (χ3v) is 9.84. The smallest absolute Gasteiger partial charge is 0.332 e. The first-order valence-electron chi connectivity index (χ1n) is 15.4. The minimum Gasteiger partial charge on any atom is -0.464 e. The van der Waals surface area contributed by atoms with Crippen molar-refractivity contribution in [2.45, 2.75) is 57.4 Å². The number of hydrogen-bond acceptors (Lipinski definition) is 9. The van der Waals surface area contributed by atoms with Gasteiger partial charge in [0.05, 0.1) is 32.7 Å². The quantitative estimate of drug-likeness (QED) is 0.159. The zero-order valence-electron chi connectivity index (χ0n) is 27.1. The van der Waals surface area contributed by atoms with E-state index in [1.165, 1.54) is 25.1 Å². The van der Waals surface area contributed by atoms with E-state index in [4.69, 9.17) is 37.1 Å². The number of rotatable bonds is 10. The molecule has 2 atom stereocenters. The Labute approximate surface area is 293 Å². The minimum absolute atomic E-state index is 0.00187. The zero-order chi connectivity index (χ0) is 35.6. The van der Waals surface area contributed by atoms with E-state index in [1.807, 2.05) is 12.1 Å². The van der Waals surface area contributed by atoms with Gasteiger partial charge in [0.1, 0.15) is 11.6 Å². The van der Waals surface area contributed by atoms with E-state index in [0.717, 1.165) is 11.6 Å². The van der Waals surface area contributed by atoms with E-state index in [-0.39, 0.29) is 39.4 Å². The molecule has 5 rings (SSSR count). The summed E-state index contributed by atoms with van der Waals surface area (Å²) in [7, 11) is -3.56. The highest BCUT2D eigenvalue weighted by molar-refractivity contribution is 7.90. The molecule has 1 aromatic heterocycles. The number of halogens is 2. The largest absolute Gasteiger partial charge is 0.464 e. The number of ether oxygens (including phenoxy) is 2. The van der Waals surface area contributed by atoms with Crippen molar-refractivity contribution >= 4 is 67.8 Å². The fourth-order valence-corrected chi connectivity index (χ4v) is 6.89. The lowest BCUT2D eigenvalue weighted by Crippen LogP contribution is -2.45. The molecule has 0 radical (unpaired) electrons. The van der Waals surface area contributed by atoms with Crippen molar-refractivity contribution in [1.82, 2.24) is 10.2 Å². The lowest BCUT2D eigenvalue weighted by molar-refractivity contribution is -0.188. The molecule has 0 bridgehead atoms. The first kappa shape index (κ1) is 35.9. The summed E-state index contributed by atoms with van der Waals surface area (Å²) >= 11 is 13.4. The molecule has 4 aromatic rings. The number of hydrogen-bond donors (Lipinski definition) is 1. The molecule has 3 aromatic carbocycles. The Kier molecular flexibility index (Phi) is 10.7. The topological polar surface area (TPSA) is 149 Å². The first-order valence-corrected chi connectivity index (χ1v) is 18.0. The second-order valence-electron chi connectivity index (χ2n) is 12.1. The highest BCUT2D eigenvalue weighted by Crippen LogP contribution is 2.35. The summed E-state index contributed by atoms with van der Waals surface area (Å²) in [5.74, 6) is -2.98. The second-order valence-corrected chi connectivity index (χ2v) is 14.9. The molecule has 0 saturated carbocycles. The third kappa shape index (κ3) is 8.26. The van der Waals surface area contributed by atoms with Crippen LogP contribution in [0.3, 0.4) is 0 Å². The fraction of sp³-hybridized carbons (Fsp3) is 0.314. The Bertz CT molecular complexity index is 2060. The summed E-state index contributed by atoms with van der Waals surface area (Å²) in [4.78, 5) is 54.2. The number of nitrogens with one attached hydrogen (secondary N) is 1. The Morgan fingerprint density at radius 3 is 2.43 bits per heavy atom. The van der Waals surface area contributed by atoms with Gasteiger partial charge in [-0.2, -0.15) is 0 Å². The third-order valence-electron chi connectivity index (χ3n) is 8.01. The summed E-state index contributed by atoms with van der Waals surface area (Å²) in [5, 5.41) is 3.58. The lowest BCUT2D eigenvalue weighted by atomic mass is 9.95. The molecule has 49 heavy (non-hydrogen) atoms. The maximum absolute atomic E-state index is 13.8. The van der Waals surface area contributed by atoms with E-state index >= 15 is 0 Å². The van der Waals surface area contributed by atoms with Crippen molar-refractivity contribution in [2.24, 2.45) is 5.92 Å². The molecular weight excluding hydrogens is 695 g/mol. The van der Waals surface area contributed by atoms with E-state index in [2.05, 4.69) is 5.32 Å². The number of sulfone groups is 1. The average Bonchev–Trinajstić information content (AvgIpc) is 3.51. The monoisotopic (exact) mass is 728 g/mol. The standard InChI is InChI=1S/C35H34Cl2N2O9S/c1-19(2)34(42)47-20(3)48-35(43)28(15-21-6-5-7-25(14-21)49(4,44)45)38-32(40)30-27(36)16-24-18-39(12-10-26(24)31(30)37)33(41)23-9-8-22-11-13-46-29(22)17-23/h5-9,11,13-14,16-17,19-20,28H,10,12,15,18H2,1-4H3,(H,38,40). The van der Waals surface area contributed by atoms with Gasteiger partial charge in [0.25, 0.3) is 11.8 Å². The Balaban J connectivity index is 1.38. The van der Waals surface area contributed by atoms with Crippen LogP contribution in [0.5, 0.6) is 0 Å².